The van der Waals surface area contributed by atoms with Crippen molar-refractivity contribution in [2.24, 2.45) is 5.41 Å². The fraction of sp³-hybridized carbons (Fsp3) is 0.833. The van der Waals surface area contributed by atoms with Crippen LogP contribution in [0.1, 0.15) is 33.6 Å². The zero-order valence-corrected chi connectivity index (χ0v) is 11.2. The normalized spacial score (nSPS) is 11.1. The summed E-state index contributed by atoms with van der Waals surface area (Å²) >= 11 is 0. The molecule has 0 saturated heterocycles. The van der Waals surface area contributed by atoms with Crippen molar-refractivity contribution in [2.75, 3.05) is 26.8 Å². The molecule has 0 aliphatic heterocycles. The second kappa shape index (κ2) is 8.06. The molecular weight excluding hydrogens is 222 g/mol. The van der Waals surface area contributed by atoms with Crippen LogP contribution in [-0.2, 0) is 19.1 Å². The van der Waals surface area contributed by atoms with Crippen LogP contribution in [0.2, 0.25) is 0 Å². The predicted octanol–water partition coefficient (Wildman–Crippen LogP) is 1.12. The van der Waals surface area contributed by atoms with Crippen molar-refractivity contribution in [3.63, 3.8) is 0 Å². The van der Waals surface area contributed by atoms with Gasteiger partial charge in [0.25, 0.3) is 0 Å². The number of carbonyl (C=O) groups excluding carboxylic acids is 2. The highest BCUT2D eigenvalue weighted by Crippen LogP contribution is 2.14. The maximum atomic E-state index is 11.4. The van der Waals surface area contributed by atoms with Crippen molar-refractivity contribution < 1.29 is 19.1 Å². The van der Waals surface area contributed by atoms with E-state index >= 15 is 0 Å². The smallest absolute Gasteiger partial charge is 0.311 e. The van der Waals surface area contributed by atoms with E-state index in [2.05, 4.69) is 10.1 Å². The van der Waals surface area contributed by atoms with Gasteiger partial charge in [-0.05, 0) is 33.7 Å². The van der Waals surface area contributed by atoms with Crippen LogP contribution in [0.5, 0.6) is 0 Å². The third-order valence-electron chi connectivity index (χ3n) is 2.08. The highest BCUT2D eigenvalue weighted by molar-refractivity contribution is 5.75. The van der Waals surface area contributed by atoms with Gasteiger partial charge in [0.15, 0.2) is 0 Å². The Labute approximate surface area is 103 Å². The van der Waals surface area contributed by atoms with Gasteiger partial charge in [-0.15, -0.1) is 0 Å². The van der Waals surface area contributed by atoms with Gasteiger partial charge in [0.2, 0.25) is 0 Å². The summed E-state index contributed by atoms with van der Waals surface area (Å²) in [6.07, 6.45) is 1.10. The lowest BCUT2D eigenvalue weighted by Crippen LogP contribution is -2.25. The summed E-state index contributed by atoms with van der Waals surface area (Å²) in [5.41, 5.74) is -0.446. The molecule has 0 radical (unpaired) electrons. The summed E-state index contributed by atoms with van der Waals surface area (Å²) in [7, 11) is 1.37. The van der Waals surface area contributed by atoms with Gasteiger partial charge < -0.3 is 14.8 Å². The van der Waals surface area contributed by atoms with Gasteiger partial charge in [0.1, 0.15) is 0 Å². The van der Waals surface area contributed by atoms with Crippen molar-refractivity contribution in [1.29, 1.82) is 0 Å². The molecule has 1 N–H and O–H groups in total. The van der Waals surface area contributed by atoms with Gasteiger partial charge in [0, 0.05) is 6.54 Å². The maximum Gasteiger partial charge on any atom is 0.311 e. The van der Waals surface area contributed by atoms with Crippen LogP contribution in [-0.4, -0.2) is 38.7 Å². The van der Waals surface area contributed by atoms with E-state index in [1.165, 1.54) is 7.11 Å². The molecule has 0 spiro atoms. The summed E-state index contributed by atoms with van der Waals surface area (Å²) in [5, 5.41) is 3.07. The molecule has 0 fully saturated rings. The Morgan fingerprint density at radius 2 is 1.82 bits per heavy atom. The Morgan fingerprint density at radius 1 is 1.18 bits per heavy atom. The Morgan fingerprint density at radius 3 is 2.35 bits per heavy atom. The molecule has 0 amide bonds. The maximum absolute atomic E-state index is 11.4. The number of nitrogens with one attached hydrogen (secondary N) is 1. The van der Waals surface area contributed by atoms with E-state index in [1.807, 2.05) is 20.8 Å². The van der Waals surface area contributed by atoms with Crippen LogP contribution in [0, 0.1) is 5.41 Å². The van der Waals surface area contributed by atoms with E-state index in [-0.39, 0.29) is 11.9 Å². The Kier molecular flexibility index (Phi) is 7.54. The van der Waals surface area contributed by atoms with Crippen LogP contribution in [0.25, 0.3) is 0 Å². The number of ether oxygens (including phenoxy) is 2. The molecule has 17 heavy (non-hydrogen) atoms. The molecule has 0 heterocycles. The summed E-state index contributed by atoms with van der Waals surface area (Å²) < 4.78 is 9.58. The van der Waals surface area contributed by atoms with Crippen LogP contribution in [0.15, 0.2) is 0 Å². The van der Waals surface area contributed by atoms with Crippen molar-refractivity contribution in [2.45, 2.75) is 33.6 Å². The number of hydrogen-bond donors (Lipinski definition) is 1. The van der Waals surface area contributed by atoms with E-state index in [1.54, 1.807) is 0 Å². The number of hydrogen-bond acceptors (Lipinski definition) is 5. The molecule has 0 rings (SSSR count). The number of esters is 2. The minimum atomic E-state index is -0.446. The largest absolute Gasteiger partial charge is 0.469 e. The van der Waals surface area contributed by atoms with E-state index in [0.717, 1.165) is 6.42 Å². The summed E-state index contributed by atoms with van der Waals surface area (Å²) in [6, 6.07) is 0. The first-order chi connectivity index (χ1) is 7.88. The van der Waals surface area contributed by atoms with E-state index in [0.29, 0.717) is 26.1 Å². The third kappa shape index (κ3) is 8.68. The second-order valence-corrected chi connectivity index (χ2v) is 4.82. The van der Waals surface area contributed by atoms with Gasteiger partial charge in [-0.3, -0.25) is 9.59 Å². The van der Waals surface area contributed by atoms with Gasteiger partial charge in [-0.25, -0.2) is 0 Å². The minimum absolute atomic E-state index is 0.188. The lowest BCUT2D eigenvalue weighted by atomic mass is 9.97. The molecule has 0 aliphatic rings. The van der Waals surface area contributed by atoms with Crippen LogP contribution in [0.4, 0.5) is 0 Å². The second-order valence-electron chi connectivity index (χ2n) is 4.82. The molecule has 0 atom stereocenters. The number of methoxy groups -OCH3 is 1. The third-order valence-corrected chi connectivity index (χ3v) is 2.08. The average Bonchev–Trinajstić information content (AvgIpc) is 2.25. The fourth-order valence-corrected chi connectivity index (χ4v) is 0.996. The summed E-state index contributed by atoms with van der Waals surface area (Å²) in [5.74, 6) is -0.413. The zero-order chi connectivity index (χ0) is 13.3. The van der Waals surface area contributed by atoms with Gasteiger partial charge in [-0.2, -0.15) is 0 Å². The molecule has 5 nitrogen and oxygen atoms in total. The standard InChI is InChI=1S/C12H23NO4/c1-12(2,3)11(15)17-9-5-7-13-8-6-10(14)16-4/h13H,5-9H2,1-4H3. The first-order valence-corrected chi connectivity index (χ1v) is 5.82. The van der Waals surface area contributed by atoms with E-state index < -0.39 is 5.41 Å². The van der Waals surface area contributed by atoms with Crippen LogP contribution >= 0.6 is 0 Å². The quantitative estimate of drug-likeness (QED) is 0.538. The molecule has 100 valence electrons. The lowest BCUT2D eigenvalue weighted by Gasteiger charge is -2.16. The van der Waals surface area contributed by atoms with Crippen LogP contribution in [0.3, 0.4) is 0 Å². The van der Waals surface area contributed by atoms with E-state index in [4.69, 9.17) is 4.74 Å². The van der Waals surface area contributed by atoms with Gasteiger partial charge >= 0.3 is 11.9 Å². The molecule has 0 bridgehead atoms. The fourth-order valence-electron chi connectivity index (χ4n) is 0.996. The molecule has 0 saturated carbocycles. The number of carbonyl (C=O) groups is 2. The zero-order valence-electron chi connectivity index (χ0n) is 11.2. The Bertz CT molecular complexity index is 245. The first-order valence-electron chi connectivity index (χ1n) is 5.82. The number of rotatable bonds is 7. The van der Waals surface area contributed by atoms with Gasteiger partial charge in [0.05, 0.1) is 25.6 Å². The Balaban J connectivity index is 3.36. The molecule has 0 aromatic rings. The SMILES string of the molecule is COC(=O)CCNCCCOC(=O)C(C)(C)C. The highest BCUT2D eigenvalue weighted by atomic mass is 16.5. The van der Waals surface area contributed by atoms with Crippen molar-refractivity contribution in [3.8, 4) is 0 Å². The average molecular weight is 245 g/mol. The molecular formula is C12H23NO4. The summed E-state index contributed by atoms with van der Waals surface area (Å²) in [4.78, 5) is 22.1. The molecule has 5 heteroatoms. The van der Waals surface area contributed by atoms with Crippen molar-refractivity contribution in [3.05, 3.63) is 0 Å². The van der Waals surface area contributed by atoms with Crippen molar-refractivity contribution in [1.82, 2.24) is 5.32 Å². The lowest BCUT2D eigenvalue weighted by molar-refractivity contribution is -0.153. The van der Waals surface area contributed by atoms with E-state index in [9.17, 15) is 9.59 Å². The molecule has 0 aromatic carbocycles. The molecule has 0 unspecified atom stereocenters. The summed E-state index contributed by atoms with van der Waals surface area (Å²) in [6.45, 7) is 7.17. The first kappa shape index (κ1) is 15.9. The predicted molar refractivity (Wildman–Crippen MR) is 64.5 cm³/mol. The Hall–Kier alpha value is -1.10. The van der Waals surface area contributed by atoms with Crippen molar-refractivity contribution >= 4 is 11.9 Å². The minimum Gasteiger partial charge on any atom is -0.469 e. The monoisotopic (exact) mass is 245 g/mol. The molecule has 0 aliphatic carbocycles. The topological polar surface area (TPSA) is 64.6 Å². The van der Waals surface area contributed by atoms with Gasteiger partial charge in [-0.1, -0.05) is 0 Å². The highest BCUT2D eigenvalue weighted by Gasteiger charge is 2.22. The van der Waals surface area contributed by atoms with Crippen LogP contribution < -0.4 is 5.32 Å². The molecule has 0 aromatic heterocycles.